The third-order valence-electron chi connectivity index (χ3n) is 1.65. The highest BCUT2D eigenvalue weighted by Gasteiger charge is 2.28. The fourth-order valence-electron chi connectivity index (χ4n) is 1.03. The Hall–Kier alpha value is -1.43. The molecule has 1 heterocycles. The Labute approximate surface area is 80.8 Å². The van der Waals surface area contributed by atoms with Gasteiger partial charge < -0.3 is 9.47 Å². The van der Waals surface area contributed by atoms with Gasteiger partial charge in [0.1, 0.15) is 19.8 Å². The molecule has 1 rings (SSSR count). The van der Waals surface area contributed by atoms with E-state index in [1.807, 2.05) is 0 Å². The molecule has 0 N–H and O–H groups in total. The van der Waals surface area contributed by atoms with Crippen molar-refractivity contribution in [1.82, 2.24) is 4.90 Å². The fraction of sp³-hybridized carbons (Fsp3) is 0.625. The summed E-state index contributed by atoms with van der Waals surface area (Å²) < 4.78 is 9.29. The number of carbonyl (C=O) groups is 3. The predicted octanol–water partition coefficient (Wildman–Crippen LogP) is -1.07. The quantitative estimate of drug-likeness (QED) is 0.429. The van der Waals surface area contributed by atoms with Crippen molar-refractivity contribution in [3.63, 3.8) is 0 Å². The van der Waals surface area contributed by atoms with Crippen LogP contribution in [0.5, 0.6) is 0 Å². The smallest absolute Gasteiger partial charge is 0.326 e. The van der Waals surface area contributed by atoms with Crippen LogP contribution in [0.3, 0.4) is 0 Å². The van der Waals surface area contributed by atoms with Crippen LogP contribution in [0, 0.1) is 0 Å². The standard InChI is InChI=1S/C8H11NO5/c1-2-14-8(12)3-9-6(10)4-13-5-7(9)11/h2-5H2,1H3. The SMILES string of the molecule is CCOC(=O)CN1C(=O)COCC1=O. The van der Waals surface area contributed by atoms with Crippen molar-refractivity contribution in [1.29, 1.82) is 0 Å². The Kier molecular flexibility index (Phi) is 3.58. The Bertz CT molecular complexity index is 246. The average Bonchev–Trinajstić information content (AvgIpc) is 2.12. The Morgan fingerprint density at radius 2 is 2.00 bits per heavy atom. The molecule has 0 bridgehead atoms. The largest absolute Gasteiger partial charge is 0.465 e. The van der Waals surface area contributed by atoms with Crippen LogP contribution < -0.4 is 0 Å². The number of imide groups is 1. The van der Waals surface area contributed by atoms with Crippen LogP contribution in [0.4, 0.5) is 0 Å². The van der Waals surface area contributed by atoms with Crippen molar-refractivity contribution in [2.45, 2.75) is 6.92 Å². The minimum atomic E-state index is -0.587. The summed E-state index contributed by atoms with van der Waals surface area (Å²) in [5.41, 5.74) is 0. The van der Waals surface area contributed by atoms with Crippen LogP contribution in [-0.2, 0) is 23.9 Å². The minimum absolute atomic E-state index is 0.162. The molecule has 0 aromatic carbocycles. The maximum atomic E-state index is 11.1. The molecule has 0 aromatic heterocycles. The number of amides is 2. The van der Waals surface area contributed by atoms with Crippen LogP contribution in [-0.4, -0.2) is 49.0 Å². The monoisotopic (exact) mass is 201 g/mol. The maximum Gasteiger partial charge on any atom is 0.326 e. The second-order valence-electron chi connectivity index (χ2n) is 2.67. The number of ether oxygens (including phenoxy) is 2. The van der Waals surface area contributed by atoms with Gasteiger partial charge in [0.05, 0.1) is 6.61 Å². The Morgan fingerprint density at radius 1 is 1.43 bits per heavy atom. The van der Waals surface area contributed by atoms with Crippen LogP contribution in [0.1, 0.15) is 6.92 Å². The van der Waals surface area contributed by atoms with E-state index >= 15 is 0 Å². The molecule has 1 saturated heterocycles. The molecule has 2 amide bonds. The first-order valence-electron chi connectivity index (χ1n) is 4.21. The lowest BCUT2D eigenvalue weighted by Crippen LogP contribution is -2.48. The average molecular weight is 201 g/mol. The van der Waals surface area contributed by atoms with E-state index in [9.17, 15) is 14.4 Å². The summed E-state index contributed by atoms with van der Waals surface area (Å²) in [5, 5.41) is 0. The van der Waals surface area contributed by atoms with Crippen molar-refractivity contribution in [2.75, 3.05) is 26.4 Å². The lowest BCUT2D eigenvalue weighted by atomic mass is 10.4. The highest BCUT2D eigenvalue weighted by Crippen LogP contribution is 2.00. The first-order chi connectivity index (χ1) is 6.65. The zero-order valence-corrected chi connectivity index (χ0v) is 7.82. The summed E-state index contributed by atoms with van der Waals surface area (Å²) in [5.74, 6) is -1.60. The third kappa shape index (κ3) is 2.53. The normalized spacial score (nSPS) is 17.1. The summed E-state index contributed by atoms with van der Waals surface area (Å²) in [4.78, 5) is 34.1. The van der Waals surface area contributed by atoms with Gasteiger partial charge in [0.2, 0.25) is 0 Å². The number of carbonyl (C=O) groups excluding carboxylic acids is 3. The number of esters is 1. The van der Waals surface area contributed by atoms with Crippen LogP contribution in [0.25, 0.3) is 0 Å². The van der Waals surface area contributed by atoms with E-state index in [0.717, 1.165) is 4.90 Å². The van der Waals surface area contributed by atoms with E-state index in [-0.39, 0.29) is 26.4 Å². The zero-order chi connectivity index (χ0) is 10.6. The molecule has 0 saturated carbocycles. The van der Waals surface area contributed by atoms with Crippen LogP contribution >= 0.6 is 0 Å². The molecule has 0 aliphatic carbocycles. The number of hydrogen-bond acceptors (Lipinski definition) is 5. The minimum Gasteiger partial charge on any atom is -0.465 e. The summed E-state index contributed by atoms with van der Waals surface area (Å²) >= 11 is 0. The first kappa shape index (κ1) is 10.6. The zero-order valence-electron chi connectivity index (χ0n) is 7.82. The van der Waals surface area contributed by atoms with Gasteiger partial charge in [-0.2, -0.15) is 0 Å². The summed E-state index contributed by atoms with van der Waals surface area (Å²) in [6.45, 7) is 1.23. The topological polar surface area (TPSA) is 72.9 Å². The summed E-state index contributed by atoms with van der Waals surface area (Å²) in [7, 11) is 0. The van der Waals surface area contributed by atoms with Gasteiger partial charge in [-0.25, -0.2) is 0 Å². The molecule has 14 heavy (non-hydrogen) atoms. The number of nitrogens with zero attached hydrogens (tertiary/aromatic N) is 1. The molecule has 1 aliphatic rings. The molecule has 1 aliphatic heterocycles. The van der Waals surface area contributed by atoms with Crippen molar-refractivity contribution in [2.24, 2.45) is 0 Å². The van der Waals surface area contributed by atoms with Crippen LogP contribution in [0.2, 0.25) is 0 Å². The van der Waals surface area contributed by atoms with Gasteiger partial charge in [0.15, 0.2) is 0 Å². The highest BCUT2D eigenvalue weighted by molar-refractivity contribution is 6.00. The Balaban J connectivity index is 2.52. The van der Waals surface area contributed by atoms with Crippen molar-refractivity contribution in [3.8, 4) is 0 Å². The number of rotatable bonds is 3. The van der Waals surface area contributed by atoms with Gasteiger partial charge in [-0.15, -0.1) is 0 Å². The second-order valence-corrected chi connectivity index (χ2v) is 2.67. The van der Waals surface area contributed by atoms with Gasteiger partial charge in [-0.3, -0.25) is 19.3 Å². The second kappa shape index (κ2) is 4.71. The summed E-state index contributed by atoms with van der Waals surface area (Å²) in [6.07, 6.45) is 0. The molecule has 6 heteroatoms. The van der Waals surface area contributed by atoms with E-state index in [4.69, 9.17) is 0 Å². The molecule has 6 nitrogen and oxygen atoms in total. The predicted molar refractivity (Wildman–Crippen MR) is 44.2 cm³/mol. The van der Waals surface area contributed by atoms with Gasteiger partial charge in [-0.05, 0) is 6.92 Å². The van der Waals surface area contributed by atoms with Gasteiger partial charge >= 0.3 is 5.97 Å². The van der Waals surface area contributed by atoms with Gasteiger partial charge in [0, 0.05) is 0 Å². The lowest BCUT2D eigenvalue weighted by molar-refractivity contribution is -0.164. The maximum absolute atomic E-state index is 11.1. The van der Waals surface area contributed by atoms with Crippen molar-refractivity contribution in [3.05, 3.63) is 0 Å². The molecule has 78 valence electrons. The molecule has 0 aromatic rings. The van der Waals surface area contributed by atoms with Crippen molar-refractivity contribution >= 4 is 17.8 Å². The Morgan fingerprint density at radius 3 is 2.50 bits per heavy atom. The molecule has 1 fully saturated rings. The molecule has 0 atom stereocenters. The number of morpholine rings is 1. The molecule has 0 spiro atoms. The fourth-order valence-corrected chi connectivity index (χ4v) is 1.03. The van der Waals surface area contributed by atoms with Crippen molar-refractivity contribution < 1.29 is 23.9 Å². The highest BCUT2D eigenvalue weighted by atomic mass is 16.5. The summed E-state index contributed by atoms with van der Waals surface area (Å²) in [6, 6.07) is 0. The van der Waals surface area contributed by atoms with E-state index in [1.165, 1.54) is 0 Å². The van der Waals surface area contributed by atoms with E-state index in [0.29, 0.717) is 0 Å². The van der Waals surface area contributed by atoms with E-state index < -0.39 is 17.8 Å². The third-order valence-corrected chi connectivity index (χ3v) is 1.65. The number of hydrogen-bond donors (Lipinski definition) is 0. The molecular formula is C8H11NO5. The van der Waals surface area contributed by atoms with E-state index in [2.05, 4.69) is 9.47 Å². The first-order valence-corrected chi connectivity index (χ1v) is 4.21. The molecule has 0 unspecified atom stereocenters. The van der Waals surface area contributed by atoms with Gasteiger partial charge in [0.25, 0.3) is 11.8 Å². The molecule has 0 radical (unpaired) electrons. The van der Waals surface area contributed by atoms with E-state index in [1.54, 1.807) is 6.92 Å². The molecular weight excluding hydrogens is 190 g/mol. The van der Waals surface area contributed by atoms with Gasteiger partial charge in [-0.1, -0.05) is 0 Å². The lowest BCUT2D eigenvalue weighted by Gasteiger charge is -2.23. The van der Waals surface area contributed by atoms with Crippen LogP contribution in [0.15, 0.2) is 0 Å².